The number of anilines is 1. The van der Waals surface area contributed by atoms with Crippen LogP contribution in [0.2, 0.25) is 0 Å². The van der Waals surface area contributed by atoms with Crippen LogP contribution in [0.3, 0.4) is 0 Å². The summed E-state index contributed by atoms with van der Waals surface area (Å²) in [4.78, 5) is 8.77. The van der Waals surface area contributed by atoms with E-state index in [-0.39, 0.29) is 0 Å². The maximum absolute atomic E-state index is 12.5. The maximum atomic E-state index is 12.5. The normalized spacial score (nSPS) is 26.2. The molecule has 1 fully saturated rings. The highest BCUT2D eigenvalue weighted by Gasteiger charge is 2.46. The van der Waals surface area contributed by atoms with Crippen molar-refractivity contribution in [2.45, 2.75) is 30.2 Å². The Morgan fingerprint density at radius 2 is 2.17 bits per heavy atom. The van der Waals surface area contributed by atoms with Crippen molar-refractivity contribution in [1.29, 1.82) is 0 Å². The fraction of sp³-hybridized carbons (Fsp3) is 0.583. The van der Waals surface area contributed by atoms with Gasteiger partial charge in [-0.05, 0) is 26.0 Å². The van der Waals surface area contributed by atoms with E-state index in [2.05, 4.69) is 23.7 Å². The molecule has 1 unspecified atom stereocenters. The molecule has 3 heterocycles. The van der Waals surface area contributed by atoms with Crippen LogP contribution in [-0.2, 0) is 9.84 Å². The van der Waals surface area contributed by atoms with Crippen molar-refractivity contribution in [3.63, 3.8) is 0 Å². The molecule has 0 amide bonds. The topological polar surface area (TPSA) is 53.5 Å². The molecule has 5 nitrogen and oxygen atoms in total. The zero-order chi connectivity index (χ0) is 12.9. The van der Waals surface area contributed by atoms with Crippen molar-refractivity contribution in [2.75, 3.05) is 24.5 Å². The molecule has 2 aliphatic rings. The number of fused-ring (bicyclic) bond motifs is 3. The molecule has 0 radical (unpaired) electrons. The predicted molar refractivity (Wildman–Crippen MR) is 69.3 cm³/mol. The van der Waals surface area contributed by atoms with E-state index in [1.165, 1.54) is 0 Å². The Morgan fingerprint density at radius 3 is 2.89 bits per heavy atom. The smallest absolute Gasteiger partial charge is 0.204 e. The second kappa shape index (κ2) is 3.93. The number of piperazine rings is 1. The van der Waals surface area contributed by atoms with Crippen LogP contribution in [0.5, 0.6) is 0 Å². The van der Waals surface area contributed by atoms with Crippen molar-refractivity contribution in [2.24, 2.45) is 0 Å². The lowest BCUT2D eigenvalue weighted by Gasteiger charge is -2.39. The summed E-state index contributed by atoms with van der Waals surface area (Å²) in [6.45, 7) is 6.38. The molecular formula is C12H17N3O2S. The molecule has 0 spiro atoms. The minimum absolute atomic E-state index is 0.374. The minimum atomic E-state index is -3.25. The predicted octanol–water partition coefficient (Wildman–Crippen LogP) is 0.725. The second-order valence-corrected chi connectivity index (χ2v) is 7.18. The Kier molecular flexibility index (Phi) is 2.60. The number of nitrogens with zero attached hydrogens (tertiary/aromatic N) is 3. The monoisotopic (exact) mass is 267 g/mol. The van der Waals surface area contributed by atoms with E-state index in [0.29, 0.717) is 23.3 Å². The number of hydrogen-bond acceptors (Lipinski definition) is 5. The average Bonchev–Trinajstić information content (AvgIpc) is 2.59. The molecule has 1 aromatic rings. The fourth-order valence-corrected chi connectivity index (χ4v) is 4.63. The van der Waals surface area contributed by atoms with Crippen LogP contribution in [0.4, 0.5) is 5.82 Å². The van der Waals surface area contributed by atoms with Crippen LogP contribution in [0, 0.1) is 0 Å². The lowest BCUT2D eigenvalue weighted by Crippen LogP contribution is -2.55. The van der Waals surface area contributed by atoms with Gasteiger partial charge in [0.15, 0.2) is 5.37 Å². The van der Waals surface area contributed by atoms with Gasteiger partial charge in [-0.2, -0.15) is 0 Å². The molecule has 1 saturated heterocycles. The van der Waals surface area contributed by atoms with Gasteiger partial charge in [-0.3, -0.25) is 4.90 Å². The highest BCUT2D eigenvalue weighted by atomic mass is 32.2. The summed E-state index contributed by atoms with van der Waals surface area (Å²) in [6, 6.07) is 3.73. The Bertz CT molecular complexity index is 570. The van der Waals surface area contributed by atoms with Crippen LogP contribution in [0.25, 0.3) is 0 Å². The van der Waals surface area contributed by atoms with Gasteiger partial charge in [0.05, 0.1) is 0 Å². The van der Waals surface area contributed by atoms with Crippen LogP contribution in [0.15, 0.2) is 23.2 Å². The van der Waals surface area contributed by atoms with Crippen LogP contribution in [-0.4, -0.2) is 49.4 Å². The Balaban J connectivity index is 2.03. The molecule has 1 atom stereocenters. The number of pyridine rings is 1. The summed E-state index contributed by atoms with van der Waals surface area (Å²) >= 11 is 0. The van der Waals surface area contributed by atoms with Gasteiger partial charge in [-0.25, -0.2) is 13.4 Å². The SMILES string of the molecule is CC(C)N1CCN2c3ncccc3S(=O)(=O)C2C1. The lowest BCUT2D eigenvalue weighted by molar-refractivity contribution is 0.200. The average molecular weight is 267 g/mol. The first-order chi connectivity index (χ1) is 8.51. The van der Waals surface area contributed by atoms with E-state index < -0.39 is 15.2 Å². The van der Waals surface area contributed by atoms with Crippen LogP contribution in [0.1, 0.15) is 13.8 Å². The number of sulfone groups is 1. The molecule has 1 aromatic heterocycles. The van der Waals surface area contributed by atoms with E-state index in [0.717, 1.165) is 13.1 Å². The molecule has 98 valence electrons. The number of aromatic nitrogens is 1. The third-order valence-electron chi connectivity index (χ3n) is 3.78. The third kappa shape index (κ3) is 1.55. The van der Waals surface area contributed by atoms with E-state index in [1.807, 2.05) is 4.90 Å². The molecule has 0 aliphatic carbocycles. The van der Waals surface area contributed by atoms with Crippen LogP contribution < -0.4 is 4.90 Å². The van der Waals surface area contributed by atoms with Crippen molar-refractivity contribution < 1.29 is 8.42 Å². The van der Waals surface area contributed by atoms with Crippen molar-refractivity contribution in [3.05, 3.63) is 18.3 Å². The van der Waals surface area contributed by atoms with Gasteiger partial charge in [-0.1, -0.05) is 0 Å². The fourth-order valence-electron chi connectivity index (χ4n) is 2.71. The van der Waals surface area contributed by atoms with Gasteiger partial charge in [0.25, 0.3) is 0 Å². The summed E-state index contributed by atoms with van der Waals surface area (Å²) in [7, 11) is -3.25. The Labute approximate surface area is 107 Å². The Hall–Kier alpha value is -1.14. The molecule has 0 bridgehead atoms. The molecule has 6 heteroatoms. The molecule has 0 N–H and O–H groups in total. The minimum Gasteiger partial charge on any atom is -0.336 e. The molecule has 18 heavy (non-hydrogen) atoms. The number of rotatable bonds is 1. The van der Waals surface area contributed by atoms with Gasteiger partial charge in [-0.15, -0.1) is 0 Å². The maximum Gasteiger partial charge on any atom is 0.204 e. The van der Waals surface area contributed by atoms with Gasteiger partial charge in [0, 0.05) is 31.9 Å². The first-order valence-electron chi connectivity index (χ1n) is 6.21. The first kappa shape index (κ1) is 11.9. The van der Waals surface area contributed by atoms with Gasteiger partial charge < -0.3 is 4.90 Å². The highest BCUT2D eigenvalue weighted by molar-refractivity contribution is 7.92. The first-order valence-corrected chi connectivity index (χ1v) is 7.76. The van der Waals surface area contributed by atoms with Crippen molar-refractivity contribution >= 4 is 15.7 Å². The summed E-state index contributed by atoms with van der Waals surface area (Å²) in [5.74, 6) is 0.630. The molecular weight excluding hydrogens is 250 g/mol. The molecule has 2 aliphatic heterocycles. The zero-order valence-corrected chi connectivity index (χ0v) is 11.4. The third-order valence-corrected chi connectivity index (χ3v) is 5.84. The van der Waals surface area contributed by atoms with E-state index >= 15 is 0 Å². The summed E-state index contributed by atoms with van der Waals surface area (Å²) in [5.41, 5.74) is 0. The second-order valence-electron chi connectivity index (χ2n) is 5.11. The zero-order valence-electron chi connectivity index (χ0n) is 10.6. The number of hydrogen-bond donors (Lipinski definition) is 0. The summed E-state index contributed by atoms with van der Waals surface area (Å²) < 4.78 is 25.0. The van der Waals surface area contributed by atoms with Gasteiger partial charge in [0.1, 0.15) is 10.7 Å². The van der Waals surface area contributed by atoms with E-state index in [4.69, 9.17) is 0 Å². The molecule has 3 rings (SSSR count). The summed E-state index contributed by atoms with van der Waals surface area (Å²) in [5, 5.41) is -0.460. The quantitative estimate of drug-likeness (QED) is 0.750. The standard InChI is InChI=1S/C12H17N3O2S/c1-9(2)14-6-7-15-11(8-14)18(16,17)10-4-3-5-13-12(10)15/h3-5,9,11H,6-8H2,1-2H3. The van der Waals surface area contributed by atoms with Crippen LogP contribution >= 0.6 is 0 Å². The summed E-state index contributed by atoms with van der Waals surface area (Å²) in [6.07, 6.45) is 1.66. The van der Waals surface area contributed by atoms with Gasteiger partial charge >= 0.3 is 0 Å². The van der Waals surface area contributed by atoms with Crippen molar-refractivity contribution in [3.8, 4) is 0 Å². The molecule has 0 aromatic carbocycles. The van der Waals surface area contributed by atoms with E-state index in [1.54, 1.807) is 18.3 Å². The Morgan fingerprint density at radius 1 is 1.39 bits per heavy atom. The lowest BCUT2D eigenvalue weighted by atomic mass is 10.2. The van der Waals surface area contributed by atoms with Crippen molar-refractivity contribution in [1.82, 2.24) is 9.88 Å². The van der Waals surface area contributed by atoms with E-state index in [9.17, 15) is 8.42 Å². The largest absolute Gasteiger partial charge is 0.336 e. The highest BCUT2D eigenvalue weighted by Crippen LogP contribution is 2.38. The molecule has 0 saturated carbocycles. The van der Waals surface area contributed by atoms with Gasteiger partial charge in [0.2, 0.25) is 9.84 Å².